The van der Waals surface area contributed by atoms with Crippen LogP contribution in [-0.2, 0) is 37.0 Å². The zero-order valence-electron chi connectivity index (χ0n) is 19.7. The minimum absolute atomic E-state index is 0.204. The summed E-state index contributed by atoms with van der Waals surface area (Å²) in [7, 11) is 0. The predicted octanol–water partition coefficient (Wildman–Crippen LogP) is 6.24. The van der Waals surface area contributed by atoms with E-state index in [0.29, 0.717) is 17.1 Å². The Morgan fingerprint density at radius 1 is 0.971 bits per heavy atom. The molecular formula is C26H31N3O3S2. The molecular weight excluding hydrogens is 466 g/mol. The second kappa shape index (κ2) is 9.96. The predicted molar refractivity (Wildman–Crippen MR) is 138 cm³/mol. The highest BCUT2D eigenvalue weighted by Gasteiger charge is 2.28. The average Bonchev–Trinajstić information content (AvgIpc) is 3.53. The molecule has 2 aliphatic carbocycles. The lowest BCUT2D eigenvalue weighted by molar-refractivity contribution is 0.0378. The van der Waals surface area contributed by atoms with E-state index in [0.717, 1.165) is 44.1 Å². The fourth-order valence-corrected chi connectivity index (χ4v) is 7.58. The third-order valence-corrected chi connectivity index (χ3v) is 9.02. The molecule has 34 heavy (non-hydrogen) atoms. The molecule has 0 atom stereocenters. The van der Waals surface area contributed by atoms with Crippen LogP contribution >= 0.6 is 22.7 Å². The number of aromatic nitrogens is 1. The number of anilines is 1. The highest BCUT2D eigenvalue weighted by Crippen LogP contribution is 2.39. The lowest BCUT2D eigenvalue weighted by atomic mass is 9.95. The van der Waals surface area contributed by atoms with E-state index in [4.69, 9.17) is 4.74 Å². The van der Waals surface area contributed by atoms with Gasteiger partial charge in [0.05, 0.1) is 11.7 Å². The number of amides is 2. The van der Waals surface area contributed by atoms with Gasteiger partial charge >= 0.3 is 12.0 Å². The number of rotatable bonds is 6. The molecule has 0 fully saturated rings. The van der Waals surface area contributed by atoms with Gasteiger partial charge in [-0.25, -0.2) is 9.59 Å². The fourth-order valence-electron chi connectivity index (χ4n) is 4.94. The molecule has 0 unspecified atom stereocenters. The Morgan fingerprint density at radius 3 is 2.32 bits per heavy atom. The summed E-state index contributed by atoms with van der Waals surface area (Å²) in [5.41, 5.74) is 4.20. The summed E-state index contributed by atoms with van der Waals surface area (Å²) in [6.07, 6.45) is 12.5. The van der Waals surface area contributed by atoms with Gasteiger partial charge in [0.1, 0.15) is 10.0 Å². The summed E-state index contributed by atoms with van der Waals surface area (Å²) in [5, 5.41) is 7.84. The molecule has 3 aromatic heterocycles. The van der Waals surface area contributed by atoms with Crippen LogP contribution in [0.15, 0.2) is 24.5 Å². The molecule has 0 aromatic carbocycles. The molecule has 3 heterocycles. The van der Waals surface area contributed by atoms with Gasteiger partial charge < -0.3 is 14.6 Å². The first-order valence-electron chi connectivity index (χ1n) is 12.2. The van der Waals surface area contributed by atoms with E-state index in [-0.39, 0.29) is 18.1 Å². The highest BCUT2D eigenvalue weighted by atomic mass is 32.1. The van der Waals surface area contributed by atoms with Crippen LogP contribution in [0.4, 0.5) is 9.80 Å². The minimum Gasteiger partial charge on any atom is -0.459 e. The Bertz CT molecular complexity index is 1190. The molecule has 0 saturated heterocycles. The third kappa shape index (κ3) is 4.66. The summed E-state index contributed by atoms with van der Waals surface area (Å²) in [4.78, 5) is 28.5. The van der Waals surface area contributed by atoms with Crippen molar-refractivity contribution in [3.05, 3.63) is 56.5 Å². The molecule has 0 saturated carbocycles. The van der Waals surface area contributed by atoms with Crippen LogP contribution in [-0.4, -0.2) is 22.7 Å². The highest BCUT2D eigenvalue weighted by molar-refractivity contribution is 7.17. The van der Waals surface area contributed by atoms with Crippen molar-refractivity contribution in [3.8, 4) is 5.00 Å². The van der Waals surface area contributed by atoms with E-state index in [9.17, 15) is 9.59 Å². The van der Waals surface area contributed by atoms with Gasteiger partial charge in [0.2, 0.25) is 0 Å². The van der Waals surface area contributed by atoms with Crippen LogP contribution in [0.5, 0.6) is 0 Å². The molecule has 2 N–H and O–H groups in total. The van der Waals surface area contributed by atoms with Crippen molar-refractivity contribution in [2.24, 2.45) is 0 Å². The minimum atomic E-state index is -0.341. The normalized spacial score (nSPS) is 15.0. The van der Waals surface area contributed by atoms with Gasteiger partial charge in [-0.1, -0.05) is 0 Å². The maximum Gasteiger partial charge on any atom is 0.341 e. The van der Waals surface area contributed by atoms with Crippen molar-refractivity contribution in [3.63, 3.8) is 0 Å². The molecule has 0 spiro atoms. The molecule has 0 aliphatic heterocycles. The fraction of sp³-hybridized carbons (Fsp3) is 0.462. The van der Waals surface area contributed by atoms with Crippen LogP contribution in [0.25, 0.3) is 5.00 Å². The van der Waals surface area contributed by atoms with Gasteiger partial charge in [-0.2, -0.15) is 0 Å². The number of aryl methyl sites for hydroxylation is 2. The van der Waals surface area contributed by atoms with Crippen LogP contribution in [0.1, 0.15) is 76.3 Å². The second-order valence-electron chi connectivity index (χ2n) is 9.26. The van der Waals surface area contributed by atoms with Gasteiger partial charge in [-0.05, 0) is 88.5 Å². The van der Waals surface area contributed by atoms with Crippen LogP contribution < -0.4 is 10.6 Å². The topological polar surface area (TPSA) is 72.4 Å². The molecule has 3 aromatic rings. The molecule has 2 aliphatic rings. The summed E-state index contributed by atoms with van der Waals surface area (Å²) < 4.78 is 7.66. The smallest absolute Gasteiger partial charge is 0.341 e. The van der Waals surface area contributed by atoms with Crippen molar-refractivity contribution >= 4 is 39.7 Å². The van der Waals surface area contributed by atoms with Crippen LogP contribution in [0.3, 0.4) is 0 Å². The van der Waals surface area contributed by atoms with Gasteiger partial charge in [0.25, 0.3) is 0 Å². The SMILES string of the molecule is CC(C)OC(=O)c1c(NC(=O)NCc2c(-n3cccc3)sc3c2CCCC3)sc2c1CCCC2. The van der Waals surface area contributed by atoms with Gasteiger partial charge in [-0.3, -0.25) is 5.32 Å². The monoisotopic (exact) mass is 497 g/mol. The summed E-state index contributed by atoms with van der Waals surface area (Å²) in [5.74, 6) is -0.341. The second-order valence-corrected chi connectivity index (χ2v) is 11.5. The van der Waals surface area contributed by atoms with Crippen molar-refractivity contribution in [2.45, 2.75) is 77.9 Å². The lowest BCUT2D eigenvalue weighted by Gasteiger charge is -2.15. The molecule has 2 amide bonds. The number of ether oxygens (including phenoxy) is 1. The Balaban J connectivity index is 1.36. The van der Waals surface area contributed by atoms with Crippen LogP contribution in [0.2, 0.25) is 0 Å². The van der Waals surface area contributed by atoms with Gasteiger partial charge in [0.15, 0.2) is 0 Å². The standard InChI is InChI=1S/C26H31N3O3S2/c1-16(2)32-25(30)22-18-10-4-6-12-21(18)33-23(22)28-26(31)27-15-19-17-9-3-5-11-20(17)34-24(19)29-13-7-8-14-29/h7-8,13-14,16H,3-6,9-12,15H2,1-2H3,(H2,27,28,31). The number of carbonyl (C=O) groups excluding carboxylic acids is 2. The van der Waals surface area contributed by atoms with Crippen LogP contribution in [0, 0.1) is 0 Å². The average molecular weight is 498 g/mol. The van der Waals surface area contributed by atoms with E-state index in [1.165, 1.54) is 50.1 Å². The lowest BCUT2D eigenvalue weighted by Crippen LogP contribution is -2.29. The van der Waals surface area contributed by atoms with Crippen molar-refractivity contribution < 1.29 is 14.3 Å². The zero-order chi connectivity index (χ0) is 23.7. The molecule has 5 rings (SSSR count). The number of fused-ring (bicyclic) bond motifs is 2. The van der Waals surface area contributed by atoms with E-state index in [1.807, 2.05) is 37.3 Å². The number of hydrogen-bond acceptors (Lipinski definition) is 5. The Labute approximate surface area is 208 Å². The number of hydrogen-bond donors (Lipinski definition) is 2. The maximum absolute atomic E-state index is 13.0. The van der Waals surface area contributed by atoms with E-state index in [1.54, 1.807) is 0 Å². The zero-order valence-corrected chi connectivity index (χ0v) is 21.4. The summed E-state index contributed by atoms with van der Waals surface area (Å²) in [6.45, 7) is 4.16. The number of urea groups is 1. The number of nitrogens with zero attached hydrogens (tertiary/aromatic N) is 1. The number of esters is 1. The Hall–Kier alpha value is -2.58. The molecule has 0 bridgehead atoms. The van der Waals surface area contributed by atoms with E-state index >= 15 is 0 Å². The molecule has 6 nitrogen and oxygen atoms in total. The summed E-state index contributed by atoms with van der Waals surface area (Å²) >= 11 is 3.36. The van der Waals surface area contributed by atoms with Crippen molar-refractivity contribution in [1.82, 2.24) is 9.88 Å². The number of thiophene rings is 2. The maximum atomic E-state index is 13.0. The first kappa shape index (κ1) is 23.2. The molecule has 180 valence electrons. The quantitative estimate of drug-likeness (QED) is 0.396. The number of nitrogens with one attached hydrogen (secondary N) is 2. The van der Waals surface area contributed by atoms with Crippen molar-refractivity contribution in [1.29, 1.82) is 0 Å². The van der Waals surface area contributed by atoms with Gasteiger partial charge in [-0.15, -0.1) is 22.7 Å². The van der Waals surface area contributed by atoms with E-state index in [2.05, 4.69) is 27.6 Å². The molecule has 0 radical (unpaired) electrons. The Kier molecular flexibility index (Phi) is 6.79. The molecule has 8 heteroatoms. The first-order chi connectivity index (χ1) is 16.5. The largest absolute Gasteiger partial charge is 0.459 e. The van der Waals surface area contributed by atoms with Crippen molar-refractivity contribution in [2.75, 3.05) is 5.32 Å². The third-order valence-electron chi connectivity index (χ3n) is 6.47. The van der Waals surface area contributed by atoms with E-state index < -0.39 is 0 Å². The van der Waals surface area contributed by atoms with Gasteiger partial charge in [0, 0.05) is 34.3 Å². The number of carbonyl (C=O) groups is 2. The first-order valence-corrected chi connectivity index (χ1v) is 13.8. The summed E-state index contributed by atoms with van der Waals surface area (Å²) in [6, 6.07) is 3.77. The Morgan fingerprint density at radius 2 is 1.62 bits per heavy atom.